The summed E-state index contributed by atoms with van der Waals surface area (Å²) in [6.07, 6.45) is 6.36. The van der Waals surface area contributed by atoms with E-state index in [4.69, 9.17) is 5.11 Å². The minimum absolute atomic E-state index is 0.289. The lowest BCUT2D eigenvalue weighted by atomic mass is 9.84. The van der Waals surface area contributed by atoms with Gasteiger partial charge in [-0.3, -0.25) is 4.99 Å². The quantitative estimate of drug-likeness (QED) is 0.557. The Kier molecular flexibility index (Phi) is 2.84. The van der Waals surface area contributed by atoms with Gasteiger partial charge >= 0.3 is 5.97 Å². The zero-order valence-corrected chi connectivity index (χ0v) is 8.50. The highest BCUT2D eigenvalue weighted by molar-refractivity contribution is 6.22. The summed E-state index contributed by atoms with van der Waals surface area (Å²) in [4.78, 5) is 25.1. The van der Waals surface area contributed by atoms with E-state index in [1.807, 2.05) is 0 Å². The third kappa shape index (κ3) is 2.08. The van der Waals surface area contributed by atoms with E-state index in [9.17, 15) is 9.59 Å². The van der Waals surface area contributed by atoms with Crippen molar-refractivity contribution in [2.75, 3.05) is 0 Å². The van der Waals surface area contributed by atoms with Crippen LogP contribution in [0.1, 0.15) is 25.7 Å². The molecule has 0 radical (unpaired) electrons. The summed E-state index contributed by atoms with van der Waals surface area (Å²) in [6.45, 7) is 0. The molecular weight excluding hydrogens is 194 g/mol. The van der Waals surface area contributed by atoms with Crippen LogP contribution >= 0.6 is 0 Å². The van der Waals surface area contributed by atoms with Crippen molar-refractivity contribution in [3.63, 3.8) is 0 Å². The first kappa shape index (κ1) is 10.3. The largest absolute Gasteiger partial charge is 0.477 e. The maximum absolute atomic E-state index is 10.9. The molecule has 2 saturated carbocycles. The molecule has 1 N–H and O–H groups in total. The molecule has 82 valence electrons. The van der Waals surface area contributed by atoms with E-state index < -0.39 is 12.0 Å². The van der Waals surface area contributed by atoms with Crippen molar-refractivity contribution in [1.82, 2.24) is 0 Å². The second-order valence-corrected chi connectivity index (χ2v) is 4.58. The van der Waals surface area contributed by atoms with Gasteiger partial charge in [0.25, 0.3) is 0 Å². The molecular formula is C11H15NO3. The molecule has 0 aromatic rings. The van der Waals surface area contributed by atoms with Crippen molar-refractivity contribution >= 4 is 18.5 Å². The van der Waals surface area contributed by atoms with Crippen LogP contribution in [0, 0.1) is 17.8 Å². The van der Waals surface area contributed by atoms with Crippen LogP contribution in [0.25, 0.3) is 0 Å². The van der Waals surface area contributed by atoms with E-state index in [2.05, 4.69) is 4.99 Å². The number of carboxylic acid groups (broad SMARTS) is 1. The van der Waals surface area contributed by atoms with Gasteiger partial charge in [-0.15, -0.1) is 0 Å². The van der Waals surface area contributed by atoms with Crippen LogP contribution in [0.4, 0.5) is 0 Å². The lowest BCUT2D eigenvalue weighted by Crippen LogP contribution is -2.26. The van der Waals surface area contributed by atoms with Gasteiger partial charge in [0.15, 0.2) is 0 Å². The van der Waals surface area contributed by atoms with Gasteiger partial charge in [-0.25, -0.2) is 4.79 Å². The summed E-state index contributed by atoms with van der Waals surface area (Å²) < 4.78 is 0. The Bertz CT molecular complexity index is 300. The molecule has 0 amide bonds. The Hall–Kier alpha value is -1.19. The first-order valence-electron chi connectivity index (χ1n) is 5.42. The number of carbonyl (C=O) groups excluding carboxylic acids is 1. The molecule has 15 heavy (non-hydrogen) atoms. The average Bonchev–Trinajstić information content (AvgIpc) is 2.79. The normalized spacial score (nSPS) is 35.9. The molecule has 4 heteroatoms. The predicted octanol–water partition coefficient (Wildman–Crippen LogP) is 1.15. The number of rotatable bonds is 4. The molecule has 4 nitrogen and oxygen atoms in total. The van der Waals surface area contributed by atoms with Crippen LogP contribution < -0.4 is 0 Å². The van der Waals surface area contributed by atoms with Gasteiger partial charge in [0.1, 0.15) is 18.5 Å². The summed E-state index contributed by atoms with van der Waals surface area (Å²) in [7, 11) is 0. The van der Waals surface area contributed by atoms with Gasteiger partial charge in [0.05, 0.1) is 0 Å². The van der Waals surface area contributed by atoms with Crippen LogP contribution in [0.3, 0.4) is 0 Å². The van der Waals surface area contributed by atoms with Crippen molar-refractivity contribution in [3.8, 4) is 0 Å². The summed E-state index contributed by atoms with van der Waals surface area (Å²) in [5, 5.41) is 8.47. The van der Waals surface area contributed by atoms with Crippen molar-refractivity contribution < 1.29 is 14.7 Å². The van der Waals surface area contributed by atoms with Crippen molar-refractivity contribution in [2.24, 2.45) is 22.7 Å². The number of hydrogen-bond donors (Lipinski definition) is 1. The molecule has 0 saturated heterocycles. The van der Waals surface area contributed by atoms with Crippen molar-refractivity contribution in [2.45, 2.75) is 31.7 Å². The van der Waals surface area contributed by atoms with Gasteiger partial charge in [-0.05, 0) is 37.0 Å². The van der Waals surface area contributed by atoms with Gasteiger partial charge in [0, 0.05) is 0 Å². The Morgan fingerprint density at radius 2 is 2.20 bits per heavy atom. The lowest BCUT2D eigenvalue weighted by Gasteiger charge is -2.23. The summed E-state index contributed by atoms with van der Waals surface area (Å²) in [5.74, 6) is 0.556. The van der Waals surface area contributed by atoms with Crippen molar-refractivity contribution in [1.29, 1.82) is 0 Å². The van der Waals surface area contributed by atoms with E-state index in [1.54, 1.807) is 0 Å². The average molecular weight is 209 g/mol. The maximum atomic E-state index is 10.9. The van der Waals surface area contributed by atoms with E-state index in [-0.39, 0.29) is 5.92 Å². The number of fused-ring (bicyclic) bond motifs is 2. The van der Waals surface area contributed by atoms with Crippen molar-refractivity contribution in [3.05, 3.63) is 0 Å². The summed E-state index contributed by atoms with van der Waals surface area (Å²) in [5.41, 5.74) is 0. The minimum Gasteiger partial charge on any atom is -0.477 e. The third-order valence-corrected chi connectivity index (χ3v) is 3.73. The number of carbonyl (C=O) groups is 2. The van der Waals surface area contributed by atoms with Crippen LogP contribution in [-0.2, 0) is 9.59 Å². The topological polar surface area (TPSA) is 66.7 Å². The zero-order valence-electron chi connectivity index (χ0n) is 8.50. The highest BCUT2D eigenvalue weighted by atomic mass is 16.4. The number of nitrogens with zero attached hydrogens (tertiary/aromatic N) is 1. The minimum atomic E-state index is -1.08. The molecule has 0 spiro atoms. The monoisotopic (exact) mass is 209 g/mol. The second-order valence-electron chi connectivity index (χ2n) is 4.58. The number of aliphatic imine (C=N–C) groups is 1. The van der Waals surface area contributed by atoms with Crippen LogP contribution in [-0.4, -0.2) is 29.6 Å². The molecule has 0 aromatic carbocycles. The smallest absolute Gasteiger partial charge is 0.346 e. The van der Waals surface area contributed by atoms with Crippen LogP contribution in [0.2, 0.25) is 0 Å². The highest BCUT2D eigenvalue weighted by Crippen LogP contribution is 2.49. The van der Waals surface area contributed by atoms with Crippen LogP contribution in [0.5, 0.6) is 0 Å². The van der Waals surface area contributed by atoms with E-state index in [0.717, 1.165) is 24.8 Å². The fraction of sp³-hybridized carbons (Fsp3) is 0.727. The first-order valence-corrected chi connectivity index (χ1v) is 5.42. The first-order chi connectivity index (χ1) is 7.20. The summed E-state index contributed by atoms with van der Waals surface area (Å²) in [6, 6.07) is -0.434. The SMILES string of the molecule is O=CC(N=CC(=O)O)C1CC2CCC1C2. The fourth-order valence-electron chi connectivity index (χ4n) is 3.11. The third-order valence-electron chi connectivity index (χ3n) is 3.73. The standard InChI is InChI=1S/C11H15NO3/c13-6-10(12-5-11(14)15)9-4-7-1-2-8(9)3-7/h5-10H,1-4H2,(H,14,15). The lowest BCUT2D eigenvalue weighted by molar-refractivity contribution is -0.128. The molecule has 0 aromatic heterocycles. The van der Waals surface area contributed by atoms with E-state index in [1.165, 1.54) is 19.3 Å². The molecule has 2 aliphatic carbocycles. The molecule has 2 bridgehead atoms. The zero-order chi connectivity index (χ0) is 10.8. The Labute approximate surface area is 88.4 Å². The Balaban J connectivity index is 2.01. The summed E-state index contributed by atoms with van der Waals surface area (Å²) >= 11 is 0. The molecule has 4 atom stereocenters. The van der Waals surface area contributed by atoms with Crippen LogP contribution in [0.15, 0.2) is 4.99 Å². The van der Waals surface area contributed by atoms with Gasteiger partial charge in [-0.1, -0.05) is 6.42 Å². The van der Waals surface area contributed by atoms with Gasteiger partial charge in [0.2, 0.25) is 0 Å². The fourth-order valence-corrected chi connectivity index (χ4v) is 3.11. The molecule has 0 heterocycles. The number of hydrogen-bond acceptors (Lipinski definition) is 3. The Morgan fingerprint density at radius 3 is 2.67 bits per heavy atom. The van der Waals surface area contributed by atoms with Gasteiger partial charge in [-0.2, -0.15) is 0 Å². The predicted molar refractivity (Wildman–Crippen MR) is 54.9 cm³/mol. The molecule has 2 fully saturated rings. The number of carboxylic acids is 1. The Morgan fingerprint density at radius 1 is 1.40 bits per heavy atom. The second kappa shape index (κ2) is 4.13. The molecule has 4 unspecified atom stereocenters. The molecule has 2 rings (SSSR count). The molecule has 0 aliphatic heterocycles. The molecule has 2 aliphatic rings. The number of aldehydes is 1. The van der Waals surface area contributed by atoms with E-state index in [0.29, 0.717) is 5.92 Å². The van der Waals surface area contributed by atoms with E-state index >= 15 is 0 Å². The number of aliphatic carboxylic acids is 1. The maximum Gasteiger partial charge on any atom is 0.346 e. The van der Waals surface area contributed by atoms with Gasteiger partial charge < -0.3 is 9.90 Å². The highest BCUT2D eigenvalue weighted by Gasteiger charge is 2.42.